The lowest BCUT2D eigenvalue weighted by Crippen LogP contribution is -2.40. The number of methoxy groups -OCH3 is 1. The molecule has 2 heterocycles. The molecule has 0 spiro atoms. The molecule has 6 nitrogen and oxygen atoms in total. The Morgan fingerprint density at radius 2 is 1.96 bits per heavy atom. The Labute approximate surface area is 135 Å². The molecule has 1 saturated heterocycles. The topological polar surface area (TPSA) is 64.9 Å². The van der Waals surface area contributed by atoms with E-state index >= 15 is 0 Å². The number of anilines is 2. The summed E-state index contributed by atoms with van der Waals surface area (Å²) in [7, 11) is 1.61. The fourth-order valence-electron chi connectivity index (χ4n) is 2.53. The summed E-state index contributed by atoms with van der Waals surface area (Å²) < 4.78 is 10.5. The van der Waals surface area contributed by atoms with Crippen LogP contribution in [-0.4, -0.2) is 39.3 Å². The van der Waals surface area contributed by atoms with Crippen LogP contribution < -0.4 is 19.9 Å². The molecule has 0 bridgehead atoms. The molecule has 1 fully saturated rings. The van der Waals surface area contributed by atoms with E-state index < -0.39 is 0 Å². The number of aromatic nitrogens is 1. The van der Waals surface area contributed by atoms with Crippen molar-refractivity contribution in [2.75, 3.05) is 43.6 Å². The summed E-state index contributed by atoms with van der Waals surface area (Å²) in [5, 5.41) is 2.92. The molecule has 1 amide bonds. The van der Waals surface area contributed by atoms with Crippen molar-refractivity contribution in [1.82, 2.24) is 0 Å². The highest BCUT2D eigenvalue weighted by atomic mass is 16.5. The molecular formula is C17H20N3O3+. The second-order valence-electron chi connectivity index (χ2n) is 5.21. The number of pyridine rings is 1. The Morgan fingerprint density at radius 3 is 2.65 bits per heavy atom. The smallest absolute Gasteiger partial charge is 0.287 e. The molecule has 1 aromatic heterocycles. The number of hydrogen-bond acceptors (Lipinski definition) is 4. The lowest BCUT2D eigenvalue weighted by atomic mass is 10.2. The third kappa shape index (κ3) is 3.60. The molecule has 1 aliphatic heterocycles. The fraction of sp³-hybridized carbons (Fsp3) is 0.294. The number of benzene rings is 1. The zero-order valence-corrected chi connectivity index (χ0v) is 13.0. The first-order valence-electron chi connectivity index (χ1n) is 7.57. The van der Waals surface area contributed by atoms with Crippen LogP contribution in [0.1, 0.15) is 10.4 Å². The molecule has 6 heteroatoms. The maximum Gasteiger partial charge on any atom is 0.287 e. The Morgan fingerprint density at radius 1 is 1.22 bits per heavy atom. The predicted molar refractivity (Wildman–Crippen MR) is 87.0 cm³/mol. The summed E-state index contributed by atoms with van der Waals surface area (Å²) in [6.45, 7) is 2.87. The summed E-state index contributed by atoms with van der Waals surface area (Å²) in [5.41, 5.74) is 1.35. The van der Waals surface area contributed by atoms with Crippen molar-refractivity contribution in [2.24, 2.45) is 0 Å². The Bertz CT molecular complexity index is 667. The summed E-state index contributed by atoms with van der Waals surface area (Å²) in [4.78, 5) is 17.9. The van der Waals surface area contributed by atoms with E-state index in [0.717, 1.165) is 30.3 Å². The van der Waals surface area contributed by atoms with E-state index in [9.17, 15) is 4.79 Å². The fourth-order valence-corrected chi connectivity index (χ4v) is 2.53. The van der Waals surface area contributed by atoms with Crippen LogP contribution in [0.15, 0.2) is 42.6 Å². The van der Waals surface area contributed by atoms with Gasteiger partial charge in [0, 0.05) is 5.69 Å². The molecule has 0 aliphatic carbocycles. The molecule has 3 rings (SSSR count). The van der Waals surface area contributed by atoms with Crippen LogP contribution in [0.2, 0.25) is 0 Å². The van der Waals surface area contributed by atoms with E-state index in [2.05, 4.69) is 15.2 Å². The molecule has 23 heavy (non-hydrogen) atoms. The first kappa shape index (κ1) is 15.3. The SMILES string of the molecule is COc1ccc(NC(=O)c2ccc[nH+]c2N2CCOCC2)cc1. The number of nitrogens with one attached hydrogen (secondary N) is 2. The van der Waals surface area contributed by atoms with Crippen LogP contribution in [0.5, 0.6) is 5.75 Å². The largest absolute Gasteiger partial charge is 0.497 e. The Balaban J connectivity index is 1.78. The normalized spacial score (nSPS) is 14.4. The van der Waals surface area contributed by atoms with E-state index in [1.54, 1.807) is 7.11 Å². The van der Waals surface area contributed by atoms with E-state index in [0.29, 0.717) is 18.8 Å². The first-order valence-corrected chi connectivity index (χ1v) is 7.57. The first-order chi connectivity index (χ1) is 11.3. The third-order valence-electron chi connectivity index (χ3n) is 3.75. The summed E-state index contributed by atoms with van der Waals surface area (Å²) in [6.07, 6.45) is 1.83. The van der Waals surface area contributed by atoms with E-state index in [-0.39, 0.29) is 5.91 Å². The minimum Gasteiger partial charge on any atom is -0.497 e. The highest BCUT2D eigenvalue weighted by molar-refractivity contribution is 6.07. The van der Waals surface area contributed by atoms with Gasteiger partial charge in [-0.15, -0.1) is 0 Å². The number of morpholine rings is 1. The lowest BCUT2D eigenvalue weighted by molar-refractivity contribution is -0.364. The van der Waals surface area contributed by atoms with Crippen LogP contribution >= 0.6 is 0 Å². The molecule has 1 aromatic carbocycles. The van der Waals surface area contributed by atoms with Gasteiger partial charge >= 0.3 is 0 Å². The number of rotatable bonds is 4. The van der Waals surface area contributed by atoms with Crippen molar-refractivity contribution >= 4 is 17.4 Å². The molecule has 2 aromatic rings. The number of carbonyl (C=O) groups is 1. The average molecular weight is 314 g/mol. The van der Waals surface area contributed by atoms with Crippen molar-refractivity contribution in [3.05, 3.63) is 48.2 Å². The maximum absolute atomic E-state index is 12.6. The molecule has 0 atom stereocenters. The van der Waals surface area contributed by atoms with Crippen molar-refractivity contribution in [3.63, 3.8) is 0 Å². The van der Waals surface area contributed by atoms with Gasteiger partial charge in [-0.2, -0.15) is 0 Å². The molecule has 0 unspecified atom stereocenters. The van der Waals surface area contributed by atoms with Gasteiger partial charge in [-0.3, -0.25) is 9.69 Å². The van der Waals surface area contributed by atoms with Gasteiger partial charge in [0.25, 0.3) is 11.7 Å². The van der Waals surface area contributed by atoms with Crippen LogP contribution in [0.25, 0.3) is 0 Å². The van der Waals surface area contributed by atoms with Gasteiger partial charge < -0.3 is 14.8 Å². The molecule has 1 aliphatic rings. The molecule has 0 saturated carbocycles. The van der Waals surface area contributed by atoms with Gasteiger partial charge in [-0.1, -0.05) is 0 Å². The number of aromatic amines is 1. The van der Waals surface area contributed by atoms with Crippen LogP contribution in [0, 0.1) is 0 Å². The van der Waals surface area contributed by atoms with Gasteiger partial charge in [0.2, 0.25) is 0 Å². The molecular weight excluding hydrogens is 294 g/mol. The van der Waals surface area contributed by atoms with Crippen molar-refractivity contribution in [1.29, 1.82) is 0 Å². The summed E-state index contributed by atoms with van der Waals surface area (Å²) >= 11 is 0. The van der Waals surface area contributed by atoms with Crippen molar-refractivity contribution in [2.45, 2.75) is 0 Å². The molecule has 0 radical (unpaired) electrons. The standard InChI is InChI=1S/C17H19N3O3/c1-22-14-6-4-13(5-7-14)19-17(21)15-3-2-8-18-16(15)20-9-11-23-12-10-20/h2-8H,9-12H2,1H3,(H,19,21)/p+1. The predicted octanol–water partition coefficient (Wildman–Crippen LogP) is 1.60. The number of ether oxygens (including phenoxy) is 2. The van der Waals surface area contributed by atoms with Crippen molar-refractivity contribution < 1.29 is 19.3 Å². The quantitative estimate of drug-likeness (QED) is 0.931. The summed E-state index contributed by atoms with van der Waals surface area (Å²) in [5.74, 6) is 1.43. The highest BCUT2D eigenvalue weighted by Gasteiger charge is 2.25. The number of hydrogen-bond donors (Lipinski definition) is 1. The molecule has 120 valence electrons. The van der Waals surface area contributed by atoms with Crippen LogP contribution in [0.4, 0.5) is 11.5 Å². The zero-order chi connectivity index (χ0) is 16.1. The number of amides is 1. The minimum atomic E-state index is -0.145. The van der Waals surface area contributed by atoms with E-state index in [1.165, 1.54) is 0 Å². The minimum absolute atomic E-state index is 0.145. The number of carbonyl (C=O) groups excluding carboxylic acids is 1. The maximum atomic E-state index is 12.6. The van der Waals surface area contributed by atoms with Gasteiger partial charge in [0.05, 0.1) is 26.5 Å². The van der Waals surface area contributed by atoms with Crippen LogP contribution in [0.3, 0.4) is 0 Å². The average Bonchev–Trinajstić information content (AvgIpc) is 2.63. The van der Waals surface area contributed by atoms with Gasteiger partial charge in [-0.25, -0.2) is 4.98 Å². The zero-order valence-electron chi connectivity index (χ0n) is 13.0. The van der Waals surface area contributed by atoms with E-state index in [4.69, 9.17) is 9.47 Å². The highest BCUT2D eigenvalue weighted by Crippen LogP contribution is 2.19. The second kappa shape index (κ2) is 7.11. The van der Waals surface area contributed by atoms with E-state index in [1.807, 2.05) is 42.6 Å². The van der Waals surface area contributed by atoms with Gasteiger partial charge in [0.15, 0.2) is 0 Å². The number of H-pyrrole nitrogens is 1. The second-order valence-corrected chi connectivity index (χ2v) is 5.21. The monoisotopic (exact) mass is 314 g/mol. The Kier molecular flexibility index (Phi) is 4.73. The summed E-state index contributed by atoms with van der Waals surface area (Å²) in [6, 6.07) is 10.9. The van der Waals surface area contributed by atoms with Crippen molar-refractivity contribution in [3.8, 4) is 5.75 Å². The number of nitrogens with zero attached hydrogens (tertiary/aromatic N) is 1. The Hall–Kier alpha value is -2.60. The van der Waals surface area contributed by atoms with Gasteiger partial charge in [0.1, 0.15) is 24.4 Å². The van der Waals surface area contributed by atoms with Gasteiger partial charge in [-0.05, 0) is 36.4 Å². The molecule has 2 N–H and O–H groups in total. The van der Waals surface area contributed by atoms with Crippen LogP contribution in [-0.2, 0) is 4.74 Å². The third-order valence-corrected chi connectivity index (χ3v) is 3.75. The lowest BCUT2D eigenvalue weighted by Gasteiger charge is -2.22.